The molecule has 2 aliphatic carbocycles. The number of Topliss-reactive ketones (excluding diaryl/α,β-unsaturated/α-hetero) is 2. The highest BCUT2D eigenvalue weighted by Gasteiger charge is 2.32. The third-order valence-corrected chi connectivity index (χ3v) is 10.9. The van der Waals surface area contributed by atoms with Crippen LogP contribution in [0.2, 0.25) is 0 Å². The van der Waals surface area contributed by atoms with Crippen LogP contribution in [0.4, 0.5) is 4.39 Å². The number of hydrogen-bond acceptors (Lipinski definition) is 10. The number of esters is 2. The number of hydrogen-bond donors (Lipinski definition) is 0. The van der Waals surface area contributed by atoms with E-state index in [2.05, 4.69) is 4.98 Å². The first kappa shape index (κ1) is 29.5. The fourth-order valence-corrected chi connectivity index (χ4v) is 8.06. The molecule has 224 valence electrons. The van der Waals surface area contributed by atoms with E-state index in [0.717, 1.165) is 4.70 Å². The van der Waals surface area contributed by atoms with E-state index in [0.29, 0.717) is 82.9 Å². The lowest BCUT2D eigenvalue weighted by atomic mass is 9.80. The molecule has 2 aliphatic rings. The first-order valence-electron chi connectivity index (χ1n) is 14.6. The molecule has 2 fully saturated rings. The molecule has 2 aromatic carbocycles. The molecule has 2 saturated carbocycles. The maximum absolute atomic E-state index is 13.8. The first-order chi connectivity index (χ1) is 20.7. The molecule has 0 amide bonds. The Hall–Kier alpha value is -3.57. The molecule has 2 heterocycles. The van der Waals surface area contributed by atoms with E-state index >= 15 is 0 Å². The van der Waals surface area contributed by atoms with Crippen LogP contribution in [0.3, 0.4) is 0 Å². The lowest BCUT2D eigenvalue weighted by Gasteiger charge is -2.25. The molecular formula is C32H31FN2O6S2. The summed E-state index contributed by atoms with van der Waals surface area (Å²) in [7, 11) is 0. The minimum atomic E-state index is -0.383. The molecule has 0 bridgehead atoms. The second-order valence-corrected chi connectivity index (χ2v) is 13.6. The monoisotopic (exact) mass is 622 g/mol. The third kappa shape index (κ3) is 6.24. The van der Waals surface area contributed by atoms with Crippen molar-refractivity contribution in [1.82, 2.24) is 9.97 Å². The second-order valence-electron chi connectivity index (χ2n) is 11.6. The zero-order chi connectivity index (χ0) is 30.2. The molecule has 0 saturated heterocycles. The van der Waals surface area contributed by atoms with Gasteiger partial charge < -0.3 is 9.47 Å². The number of halogens is 1. The van der Waals surface area contributed by atoms with Crippen LogP contribution in [0, 0.1) is 29.5 Å². The van der Waals surface area contributed by atoms with Gasteiger partial charge in [-0.05, 0) is 89.5 Å². The van der Waals surface area contributed by atoms with Gasteiger partial charge in [0, 0.05) is 17.9 Å². The van der Waals surface area contributed by atoms with Crippen LogP contribution in [0.25, 0.3) is 30.4 Å². The summed E-state index contributed by atoms with van der Waals surface area (Å²) in [6.45, 7) is 3.18. The van der Waals surface area contributed by atoms with Crippen LogP contribution in [0.5, 0.6) is 11.5 Å². The lowest BCUT2D eigenvalue weighted by Crippen LogP contribution is -2.28. The minimum Gasteiger partial charge on any atom is -0.425 e. The topological polar surface area (TPSA) is 113 Å². The normalized spacial score (nSPS) is 22.4. The van der Waals surface area contributed by atoms with E-state index < -0.39 is 0 Å². The van der Waals surface area contributed by atoms with Gasteiger partial charge in [-0.3, -0.25) is 19.2 Å². The predicted molar refractivity (Wildman–Crippen MR) is 162 cm³/mol. The Morgan fingerprint density at radius 1 is 0.698 bits per heavy atom. The average molecular weight is 623 g/mol. The number of thiazole rings is 2. The molecular weight excluding hydrogens is 591 g/mol. The molecule has 0 spiro atoms. The van der Waals surface area contributed by atoms with Gasteiger partial charge in [0.2, 0.25) is 0 Å². The van der Waals surface area contributed by atoms with Crippen molar-refractivity contribution in [3.05, 3.63) is 36.1 Å². The standard InChI is InChI=1S/C32H31FN2O6S2/c1-16(36)18-3-7-20(8-4-18)31(38)40-24-12-13-25(41-32(39)21-9-5-19(6-10-21)17(2)37)28-27(24)35-30(43-28)29-34-23-15-22(33)11-14-26(23)42-29/h11-15,18-21H,3-10H2,1-2H3. The molecule has 0 unspecified atom stereocenters. The smallest absolute Gasteiger partial charge is 0.314 e. The largest absolute Gasteiger partial charge is 0.425 e. The van der Waals surface area contributed by atoms with Crippen LogP contribution in [0.1, 0.15) is 65.2 Å². The molecule has 43 heavy (non-hydrogen) atoms. The summed E-state index contributed by atoms with van der Waals surface area (Å²) in [5.41, 5.74) is 0.890. The maximum Gasteiger partial charge on any atom is 0.314 e. The molecule has 6 rings (SSSR count). The highest BCUT2D eigenvalue weighted by molar-refractivity contribution is 7.28. The van der Waals surface area contributed by atoms with Crippen molar-refractivity contribution in [1.29, 1.82) is 0 Å². The third-order valence-electron chi connectivity index (χ3n) is 8.69. The first-order valence-corrected chi connectivity index (χ1v) is 16.2. The van der Waals surface area contributed by atoms with E-state index in [1.165, 1.54) is 34.8 Å². The van der Waals surface area contributed by atoms with E-state index in [-0.39, 0.29) is 58.7 Å². The zero-order valence-electron chi connectivity index (χ0n) is 23.9. The summed E-state index contributed by atoms with van der Waals surface area (Å²) in [6.07, 6.45) is 4.98. The summed E-state index contributed by atoms with van der Waals surface area (Å²) in [4.78, 5) is 59.2. The number of rotatable bonds is 7. The Morgan fingerprint density at radius 3 is 1.79 bits per heavy atom. The molecule has 0 aliphatic heterocycles. The molecule has 0 N–H and O–H groups in total. The number of aromatic nitrogens is 2. The lowest BCUT2D eigenvalue weighted by molar-refractivity contribution is -0.141. The Morgan fingerprint density at radius 2 is 1.21 bits per heavy atom. The number of benzene rings is 2. The highest BCUT2D eigenvalue weighted by atomic mass is 32.1. The molecule has 0 atom stereocenters. The Bertz CT molecular complexity index is 1650. The van der Waals surface area contributed by atoms with Gasteiger partial charge in [-0.15, -0.1) is 22.7 Å². The Kier molecular flexibility index (Phi) is 8.37. The Labute approximate surface area is 255 Å². The van der Waals surface area contributed by atoms with Gasteiger partial charge in [0.25, 0.3) is 0 Å². The molecule has 4 aromatic rings. The fourth-order valence-electron chi connectivity index (χ4n) is 6.06. The zero-order valence-corrected chi connectivity index (χ0v) is 25.5. The van der Waals surface area contributed by atoms with Gasteiger partial charge in [0.15, 0.2) is 21.5 Å². The quantitative estimate of drug-likeness (QED) is 0.156. The van der Waals surface area contributed by atoms with E-state index in [9.17, 15) is 23.6 Å². The fraction of sp³-hybridized carbons (Fsp3) is 0.438. The van der Waals surface area contributed by atoms with Crippen LogP contribution < -0.4 is 9.47 Å². The number of ether oxygens (including phenoxy) is 2. The van der Waals surface area contributed by atoms with Crippen molar-refractivity contribution < 1.29 is 33.0 Å². The van der Waals surface area contributed by atoms with Gasteiger partial charge in [-0.2, -0.15) is 0 Å². The molecule has 2 aromatic heterocycles. The van der Waals surface area contributed by atoms with Crippen molar-refractivity contribution >= 4 is 66.6 Å². The van der Waals surface area contributed by atoms with Crippen LogP contribution in [0.15, 0.2) is 30.3 Å². The van der Waals surface area contributed by atoms with Crippen molar-refractivity contribution in [3.63, 3.8) is 0 Å². The number of ketones is 2. The van der Waals surface area contributed by atoms with Gasteiger partial charge in [0.05, 0.1) is 22.1 Å². The minimum absolute atomic E-state index is 0.00595. The summed E-state index contributed by atoms with van der Waals surface area (Å²) >= 11 is 2.63. The summed E-state index contributed by atoms with van der Waals surface area (Å²) < 4.78 is 26.9. The van der Waals surface area contributed by atoms with Crippen molar-refractivity contribution in [3.8, 4) is 21.5 Å². The van der Waals surface area contributed by atoms with Gasteiger partial charge in [-0.25, -0.2) is 14.4 Å². The van der Waals surface area contributed by atoms with Gasteiger partial charge >= 0.3 is 11.9 Å². The Balaban J connectivity index is 1.29. The van der Waals surface area contributed by atoms with Crippen molar-refractivity contribution in [2.75, 3.05) is 0 Å². The van der Waals surface area contributed by atoms with Crippen molar-refractivity contribution in [2.24, 2.45) is 23.7 Å². The van der Waals surface area contributed by atoms with Gasteiger partial charge in [0.1, 0.15) is 27.6 Å². The van der Waals surface area contributed by atoms with Crippen LogP contribution >= 0.6 is 22.7 Å². The number of carbonyl (C=O) groups excluding carboxylic acids is 4. The summed E-state index contributed by atoms with van der Waals surface area (Å²) in [5.74, 6) is -0.882. The van der Waals surface area contributed by atoms with Crippen molar-refractivity contribution in [2.45, 2.75) is 65.2 Å². The van der Waals surface area contributed by atoms with E-state index in [4.69, 9.17) is 14.5 Å². The molecule has 0 radical (unpaired) electrons. The SMILES string of the molecule is CC(=O)C1CCC(C(=O)Oc2ccc(OC(=O)C3CCC(C(C)=O)CC3)c3sc(-c4nc5cc(F)ccc5s4)nc23)CC1. The predicted octanol–water partition coefficient (Wildman–Crippen LogP) is 7.31. The van der Waals surface area contributed by atoms with Crippen LogP contribution in [-0.4, -0.2) is 33.5 Å². The van der Waals surface area contributed by atoms with Crippen LogP contribution in [-0.2, 0) is 19.2 Å². The van der Waals surface area contributed by atoms with E-state index in [1.807, 2.05) is 0 Å². The second kappa shape index (κ2) is 12.2. The highest BCUT2D eigenvalue weighted by Crippen LogP contribution is 2.43. The number of fused-ring (bicyclic) bond motifs is 2. The average Bonchev–Trinajstić information content (AvgIpc) is 3.63. The summed E-state index contributed by atoms with van der Waals surface area (Å²) in [6, 6.07) is 7.62. The maximum atomic E-state index is 13.8. The van der Waals surface area contributed by atoms with Gasteiger partial charge in [-0.1, -0.05) is 0 Å². The molecule has 11 heteroatoms. The molecule has 8 nitrogen and oxygen atoms in total. The number of nitrogens with zero attached hydrogens (tertiary/aromatic N) is 2. The number of carbonyl (C=O) groups is 4. The summed E-state index contributed by atoms with van der Waals surface area (Å²) in [5, 5.41) is 1.10. The van der Waals surface area contributed by atoms with E-state index in [1.54, 1.807) is 32.0 Å².